The minimum absolute atomic E-state index is 0.0435. The van der Waals surface area contributed by atoms with Crippen molar-refractivity contribution in [2.75, 3.05) is 0 Å². The summed E-state index contributed by atoms with van der Waals surface area (Å²) in [6, 6.07) is 14.1. The van der Waals surface area contributed by atoms with Gasteiger partial charge in [-0.2, -0.15) is 0 Å². The molecule has 1 aliphatic heterocycles. The van der Waals surface area contributed by atoms with E-state index in [1.54, 1.807) is 0 Å². The highest BCUT2D eigenvalue weighted by molar-refractivity contribution is 6.09. The number of Topliss-reactive ketones (excluding diaryl/α,β-unsaturated/α-hetero) is 1. The normalized spacial score (nSPS) is 27.0. The molecule has 2 unspecified atom stereocenters. The molecule has 120 valence electrons. The van der Waals surface area contributed by atoms with Gasteiger partial charge in [-0.15, -0.1) is 0 Å². The molecular formula is C22H20O2. The Kier molecular flexibility index (Phi) is 3.16. The summed E-state index contributed by atoms with van der Waals surface area (Å²) in [6.45, 7) is 6.05. The van der Waals surface area contributed by atoms with Gasteiger partial charge in [0.1, 0.15) is 0 Å². The van der Waals surface area contributed by atoms with Crippen LogP contribution in [0.2, 0.25) is 0 Å². The maximum absolute atomic E-state index is 13.5. The van der Waals surface area contributed by atoms with E-state index in [0.717, 1.165) is 22.3 Å². The topological polar surface area (TPSA) is 29.6 Å². The van der Waals surface area contributed by atoms with Crippen LogP contribution in [0.5, 0.6) is 0 Å². The van der Waals surface area contributed by atoms with Gasteiger partial charge in [0.2, 0.25) is 5.78 Å². The predicted molar refractivity (Wildman–Crippen MR) is 95.2 cm³/mol. The van der Waals surface area contributed by atoms with E-state index >= 15 is 0 Å². The lowest BCUT2D eigenvalue weighted by Gasteiger charge is -2.19. The van der Waals surface area contributed by atoms with E-state index < -0.39 is 11.2 Å². The molecule has 0 aromatic heterocycles. The fourth-order valence-corrected chi connectivity index (χ4v) is 4.00. The zero-order chi connectivity index (χ0) is 16.9. The molecule has 4 rings (SSSR count). The molecule has 0 amide bonds. The van der Waals surface area contributed by atoms with Crippen molar-refractivity contribution in [2.45, 2.75) is 32.0 Å². The van der Waals surface area contributed by atoms with Crippen molar-refractivity contribution in [1.82, 2.24) is 0 Å². The molecule has 1 fully saturated rings. The van der Waals surface area contributed by atoms with E-state index in [1.165, 1.54) is 5.56 Å². The van der Waals surface area contributed by atoms with Crippen LogP contribution < -0.4 is 0 Å². The van der Waals surface area contributed by atoms with Crippen molar-refractivity contribution in [3.63, 3.8) is 0 Å². The quantitative estimate of drug-likeness (QED) is 0.612. The van der Waals surface area contributed by atoms with Crippen LogP contribution in [-0.4, -0.2) is 11.4 Å². The fraction of sp³-hybridized carbons (Fsp3) is 0.227. The van der Waals surface area contributed by atoms with Crippen LogP contribution in [0.15, 0.2) is 66.8 Å². The molecule has 0 spiro atoms. The van der Waals surface area contributed by atoms with Gasteiger partial charge in [0, 0.05) is 5.56 Å². The van der Waals surface area contributed by atoms with Gasteiger partial charge >= 0.3 is 0 Å². The summed E-state index contributed by atoms with van der Waals surface area (Å²) in [5.74, 6) is 0.0435. The Morgan fingerprint density at radius 2 is 1.54 bits per heavy atom. The maximum atomic E-state index is 13.5. The summed E-state index contributed by atoms with van der Waals surface area (Å²) < 4.78 is 6.17. The first-order chi connectivity index (χ1) is 11.5. The number of hydrogen-bond donors (Lipinski definition) is 0. The molecule has 0 saturated carbocycles. The lowest BCUT2D eigenvalue weighted by Crippen LogP contribution is -2.32. The average molecular weight is 316 g/mol. The minimum atomic E-state index is -0.923. The Balaban J connectivity index is 1.84. The number of hydrogen-bond acceptors (Lipinski definition) is 2. The van der Waals surface area contributed by atoms with E-state index in [4.69, 9.17) is 4.74 Å². The molecular weight excluding hydrogens is 296 g/mol. The Bertz CT molecular complexity index is 868. The summed E-state index contributed by atoms with van der Waals surface area (Å²) in [5.41, 5.74) is 3.38. The van der Waals surface area contributed by atoms with Gasteiger partial charge in [-0.05, 0) is 49.6 Å². The van der Waals surface area contributed by atoms with Crippen molar-refractivity contribution in [2.24, 2.45) is 0 Å². The van der Waals surface area contributed by atoms with Crippen molar-refractivity contribution in [3.8, 4) is 0 Å². The highest BCUT2D eigenvalue weighted by Crippen LogP contribution is 2.60. The molecule has 2 heteroatoms. The van der Waals surface area contributed by atoms with Crippen LogP contribution in [-0.2, 0) is 10.3 Å². The molecule has 0 bridgehead atoms. The first kappa shape index (κ1) is 15.1. The predicted octanol–water partition coefficient (Wildman–Crippen LogP) is 4.59. The van der Waals surface area contributed by atoms with Crippen molar-refractivity contribution < 1.29 is 9.53 Å². The van der Waals surface area contributed by atoms with E-state index in [2.05, 4.69) is 19.1 Å². The number of benzene rings is 2. The summed E-state index contributed by atoms with van der Waals surface area (Å²) in [7, 11) is 0. The third-order valence-electron chi connectivity index (χ3n) is 5.05. The molecule has 0 N–H and O–H groups in total. The second kappa shape index (κ2) is 5.02. The van der Waals surface area contributed by atoms with Gasteiger partial charge < -0.3 is 4.74 Å². The number of carbonyl (C=O) groups excluding carboxylic acids is 1. The van der Waals surface area contributed by atoms with Gasteiger partial charge in [-0.1, -0.05) is 60.2 Å². The van der Waals surface area contributed by atoms with Crippen LogP contribution in [0, 0.1) is 20.8 Å². The third-order valence-corrected chi connectivity index (χ3v) is 5.05. The standard InChI is InChI=1S/C22H20O2/c1-15-13-16(2)19(17(3)14-15)20(23)22-12-8-7-11-21(22,24-22)18-9-5-4-6-10-18/h4-14H,1-3H3. The SMILES string of the molecule is Cc1cc(C)c(C(=O)C23C=CC=CC2(c2ccccc2)O3)c(C)c1. The molecule has 2 aliphatic rings. The van der Waals surface area contributed by atoms with Crippen molar-refractivity contribution in [1.29, 1.82) is 0 Å². The Labute approximate surface area is 142 Å². The Morgan fingerprint density at radius 3 is 2.21 bits per heavy atom. The number of ketones is 1. The number of rotatable bonds is 3. The van der Waals surface area contributed by atoms with E-state index in [0.29, 0.717) is 0 Å². The summed E-state index contributed by atoms with van der Waals surface area (Å²) >= 11 is 0. The van der Waals surface area contributed by atoms with Gasteiger partial charge in [-0.3, -0.25) is 4.79 Å². The molecule has 2 aromatic carbocycles. The monoisotopic (exact) mass is 316 g/mol. The minimum Gasteiger partial charge on any atom is -0.340 e. The largest absolute Gasteiger partial charge is 0.340 e. The van der Waals surface area contributed by atoms with Gasteiger partial charge in [0.05, 0.1) is 0 Å². The highest BCUT2D eigenvalue weighted by Gasteiger charge is 2.73. The first-order valence-corrected chi connectivity index (χ1v) is 8.26. The first-order valence-electron chi connectivity index (χ1n) is 8.26. The van der Waals surface area contributed by atoms with Gasteiger partial charge in [-0.25, -0.2) is 0 Å². The number of epoxide rings is 1. The van der Waals surface area contributed by atoms with Crippen LogP contribution in [0.1, 0.15) is 32.6 Å². The average Bonchev–Trinajstić information content (AvgIpc) is 3.27. The molecule has 2 atom stereocenters. The number of ether oxygens (including phenoxy) is 1. The molecule has 2 aromatic rings. The van der Waals surface area contributed by atoms with Gasteiger partial charge in [0.25, 0.3) is 0 Å². The summed E-state index contributed by atoms with van der Waals surface area (Å²) in [5, 5.41) is 0. The zero-order valence-corrected chi connectivity index (χ0v) is 14.2. The van der Waals surface area contributed by atoms with Crippen LogP contribution >= 0.6 is 0 Å². The summed E-state index contributed by atoms with van der Waals surface area (Å²) in [4.78, 5) is 13.5. The Hall–Kier alpha value is -2.45. The highest BCUT2D eigenvalue weighted by atomic mass is 16.6. The number of fused-ring (bicyclic) bond motifs is 1. The molecule has 24 heavy (non-hydrogen) atoms. The van der Waals surface area contributed by atoms with Crippen molar-refractivity contribution in [3.05, 3.63) is 94.6 Å². The fourth-order valence-electron chi connectivity index (χ4n) is 4.00. The lowest BCUT2D eigenvalue weighted by atomic mass is 9.77. The van der Waals surface area contributed by atoms with E-state index in [-0.39, 0.29) is 5.78 Å². The maximum Gasteiger partial charge on any atom is 0.202 e. The van der Waals surface area contributed by atoms with Crippen LogP contribution in [0.4, 0.5) is 0 Å². The smallest absolute Gasteiger partial charge is 0.202 e. The lowest BCUT2D eigenvalue weighted by molar-refractivity contribution is 0.0908. The van der Waals surface area contributed by atoms with E-state index in [9.17, 15) is 4.79 Å². The molecule has 2 nitrogen and oxygen atoms in total. The third kappa shape index (κ3) is 1.90. The van der Waals surface area contributed by atoms with Crippen LogP contribution in [0.25, 0.3) is 0 Å². The molecule has 1 saturated heterocycles. The zero-order valence-electron chi connectivity index (χ0n) is 14.2. The van der Waals surface area contributed by atoms with E-state index in [1.807, 2.05) is 68.5 Å². The van der Waals surface area contributed by atoms with Crippen LogP contribution in [0.3, 0.4) is 0 Å². The second-order valence-corrected chi connectivity index (χ2v) is 6.76. The molecule has 1 aliphatic carbocycles. The number of carbonyl (C=O) groups is 1. The summed E-state index contributed by atoms with van der Waals surface area (Å²) in [6.07, 6.45) is 7.77. The second-order valence-electron chi connectivity index (χ2n) is 6.76. The Morgan fingerprint density at radius 1 is 0.917 bits per heavy atom. The molecule has 0 radical (unpaired) electrons. The van der Waals surface area contributed by atoms with Crippen molar-refractivity contribution >= 4 is 5.78 Å². The number of aryl methyl sites for hydroxylation is 3. The van der Waals surface area contributed by atoms with Gasteiger partial charge in [0.15, 0.2) is 11.2 Å². The number of allylic oxidation sites excluding steroid dienone is 2. The molecule has 1 heterocycles.